The first kappa shape index (κ1) is 21.8. The maximum absolute atomic E-state index is 12.2. The Morgan fingerprint density at radius 3 is 2.88 bits per heavy atom. The lowest BCUT2D eigenvalue weighted by molar-refractivity contribution is 0.0418. The van der Waals surface area contributed by atoms with Gasteiger partial charge in [0.05, 0.1) is 18.5 Å². The molecule has 170 valence electrons. The number of fused-ring (bicyclic) bond motifs is 2. The standard InChI is InChI=1S/C24H23BN6O3/c1-12-17(10-29-23-22(12)31(2)3-4-33-23)16-7-14-8-19(28-11-18(14)21(27)20(16)25)30-24(32)34-15-5-13(6-15)9-26/h7-8,10-11,13,15H,3-6,27H2,1-2H3,(H,28,30,32). The summed E-state index contributed by atoms with van der Waals surface area (Å²) in [5.74, 6) is 0.887. The van der Waals surface area contributed by atoms with Gasteiger partial charge in [0.2, 0.25) is 5.88 Å². The van der Waals surface area contributed by atoms with Crippen molar-refractivity contribution in [3.8, 4) is 23.1 Å². The van der Waals surface area contributed by atoms with Crippen LogP contribution in [-0.2, 0) is 4.74 Å². The second kappa shape index (κ2) is 8.41. The third-order valence-corrected chi connectivity index (χ3v) is 6.50. The van der Waals surface area contributed by atoms with E-state index in [0.717, 1.165) is 34.3 Å². The normalized spacial score (nSPS) is 18.9. The van der Waals surface area contributed by atoms with E-state index in [2.05, 4.69) is 26.3 Å². The van der Waals surface area contributed by atoms with Crippen LogP contribution in [0.15, 0.2) is 24.5 Å². The second-order valence-electron chi connectivity index (χ2n) is 8.71. The average Bonchev–Trinajstić information content (AvgIpc) is 2.79. The Morgan fingerprint density at radius 1 is 1.32 bits per heavy atom. The molecular weight excluding hydrogens is 431 g/mol. The minimum Gasteiger partial charge on any atom is -0.474 e. The van der Waals surface area contributed by atoms with E-state index >= 15 is 0 Å². The Labute approximate surface area is 198 Å². The zero-order valence-corrected chi connectivity index (χ0v) is 19.0. The van der Waals surface area contributed by atoms with Crippen molar-refractivity contribution < 1.29 is 14.3 Å². The number of pyridine rings is 2. The van der Waals surface area contributed by atoms with E-state index < -0.39 is 6.09 Å². The lowest BCUT2D eigenvalue weighted by Crippen LogP contribution is -2.34. The van der Waals surface area contributed by atoms with Crippen molar-refractivity contribution in [2.75, 3.05) is 36.1 Å². The third-order valence-electron chi connectivity index (χ3n) is 6.50. The number of nitriles is 1. The van der Waals surface area contributed by atoms with Crippen LogP contribution in [-0.4, -0.2) is 50.2 Å². The number of likely N-dealkylation sites (N-methyl/N-ethyl adjacent to an activating group) is 1. The zero-order chi connectivity index (χ0) is 24.0. The molecule has 1 aromatic carbocycles. The minimum atomic E-state index is -0.602. The van der Waals surface area contributed by atoms with Crippen LogP contribution in [0.4, 0.5) is 22.0 Å². The fraction of sp³-hybridized carbons (Fsp3) is 0.333. The number of carbonyl (C=O) groups is 1. The van der Waals surface area contributed by atoms with E-state index in [-0.39, 0.29) is 12.0 Å². The Morgan fingerprint density at radius 2 is 2.12 bits per heavy atom. The number of nitrogens with zero attached hydrogens (tertiary/aromatic N) is 4. The van der Waals surface area contributed by atoms with E-state index in [1.165, 1.54) is 0 Å². The highest BCUT2D eigenvalue weighted by molar-refractivity contribution is 6.41. The smallest absolute Gasteiger partial charge is 0.413 e. The van der Waals surface area contributed by atoms with Crippen LogP contribution in [0.2, 0.25) is 0 Å². The van der Waals surface area contributed by atoms with Crippen LogP contribution in [0.5, 0.6) is 5.88 Å². The zero-order valence-electron chi connectivity index (χ0n) is 19.0. The van der Waals surface area contributed by atoms with E-state index in [9.17, 15) is 4.79 Å². The van der Waals surface area contributed by atoms with Gasteiger partial charge in [0.15, 0.2) is 0 Å². The number of hydrogen-bond acceptors (Lipinski definition) is 8. The first-order chi connectivity index (χ1) is 16.4. The van der Waals surface area contributed by atoms with Gasteiger partial charge in [0, 0.05) is 48.9 Å². The maximum atomic E-state index is 12.2. The van der Waals surface area contributed by atoms with Crippen molar-refractivity contribution in [1.29, 1.82) is 5.26 Å². The summed E-state index contributed by atoms with van der Waals surface area (Å²) in [5, 5.41) is 13.0. The molecule has 1 amide bonds. The molecule has 2 radical (unpaired) electrons. The lowest BCUT2D eigenvalue weighted by Gasteiger charge is -2.29. The molecule has 1 fully saturated rings. The summed E-state index contributed by atoms with van der Waals surface area (Å²) < 4.78 is 11.0. The van der Waals surface area contributed by atoms with Gasteiger partial charge in [-0.2, -0.15) is 5.26 Å². The number of hydrogen-bond donors (Lipinski definition) is 2. The van der Waals surface area contributed by atoms with E-state index in [1.54, 1.807) is 18.5 Å². The molecule has 34 heavy (non-hydrogen) atoms. The van der Waals surface area contributed by atoms with Crippen LogP contribution in [0.3, 0.4) is 0 Å². The molecule has 3 aromatic rings. The lowest BCUT2D eigenvalue weighted by atomic mass is 9.82. The van der Waals surface area contributed by atoms with Gasteiger partial charge in [-0.3, -0.25) is 5.32 Å². The van der Waals surface area contributed by atoms with E-state index in [0.29, 0.717) is 47.7 Å². The van der Waals surface area contributed by atoms with Crippen molar-refractivity contribution >= 4 is 47.4 Å². The van der Waals surface area contributed by atoms with Crippen LogP contribution in [0.1, 0.15) is 18.4 Å². The number of carbonyl (C=O) groups excluding carboxylic acids is 1. The second-order valence-corrected chi connectivity index (χ2v) is 8.71. The molecule has 3 heterocycles. The molecule has 2 aromatic heterocycles. The van der Waals surface area contributed by atoms with Crippen molar-refractivity contribution in [2.45, 2.75) is 25.9 Å². The fourth-order valence-electron chi connectivity index (χ4n) is 4.47. The molecule has 1 saturated carbocycles. The van der Waals surface area contributed by atoms with Crippen LogP contribution in [0, 0.1) is 24.2 Å². The van der Waals surface area contributed by atoms with Gasteiger partial charge in [0.25, 0.3) is 0 Å². The predicted molar refractivity (Wildman–Crippen MR) is 131 cm³/mol. The highest BCUT2D eigenvalue weighted by atomic mass is 16.6. The Bertz CT molecular complexity index is 1350. The molecule has 9 nitrogen and oxygen atoms in total. The van der Waals surface area contributed by atoms with Gasteiger partial charge in [-0.1, -0.05) is 5.46 Å². The number of amides is 1. The molecule has 1 aliphatic carbocycles. The number of benzene rings is 1. The molecule has 3 N–H and O–H groups in total. The molecular formula is C24H23BN6O3. The number of anilines is 3. The van der Waals surface area contributed by atoms with Crippen molar-refractivity contribution in [3.63, 3.8) is 0 Å². The quantitative estimate of drug-likeness (QED) is 0.457. The number of rotatable bonds is 3. The molecule has 0 spiro atoms. The Balaban J connectivity index is 1.47. The number of aromatic nitrogens is 2. The van der Waals surface area contributed by atoms with E-state index in [4.69, 9.17) is 28.3 Å². The minimum absolute atomic E-state index is 0.0451. The van der Waals surface area contributed by atoms with Gasteiger partial charge < -0.3 is 20.1 Å². The monoisotopic (exact) mass is 454 g/mol. The van der Waals surface area contributed by atoms with Gasteiger partial charge in [-0.15, -0.1) is 0 Å². The van der Waals surface area contributed by atoms with E-state index in [1.807, 2.05) is 20.0 Å². The molecule has 2 aliphatic rings. The molecule has 0 bridgehead atoms. The van der Waals surface area contributed by atoms with Crippen molar-refractivity contribution in [3.05, 3.63) is 30.1 Å². The van der Waals surface area contributed by atoms with Crippen LogP contribution < -0.4 is 26.2 Å². The number of ether oxygens (including phenoxy) is 2. The molecule has 10 heteroatoms. The highest BCUT2D eigenvalue weighted by Crippen LogP contribution is 2.38. The van der Waals surface area contributed by atoms with Gasteiger partial charge >= 0.3 is 6.09 Å². The summed E-state index contributed by atoms with van der Waals surface area (Å²) in [6, 6.07) is 5.81. The Kier molecular flexibility index (Phi) is 5.40. The Hall–Kier alpha value is -4.00. The largest absolute Gasteiger partial charge is 0.474 e. The first-order valence-electron chi connectivity index (χ1n) is 11.0. The van der Waals surface area contributed by atoms with Crippen molar-refractivity contribution in [1.82, 2.24) is 9.97 Å². The molecule has 5 rings (SSSR count). The number of nitrogens with one attached hydrogen (secondary N) is 1. The summed E-state index contributed by atoms with van der Waals surface area (Å²) >= 11 is 0. The molecule has 0 atom stereocenters. The summed E-state index contributed by atoms with van der Waals surface area (Å²) in [6.07, 6.45) is 3.60. The first-order valence-corrected chi connectivity index (χ1v) is 11.0. The van der Waals surface area contributed by atoms with Gasteiger partial charge in [-0.25, -0.2) is 14.8 Å². The summed E-state index contributed by atoms with van der Waals surface area (Å²) in [7, 11) is 8.44. The van der Waals surface area contributed by atoms with Gasteiger partial charge in [-0.05, 0) is 35.6 Å². The average molecular weight is 454 g/mol. The van der Waals surface area contributed by atoms with Crippen LogP contribution in [0.25, 0.3) is 21.9 Å². The van der Waals surface area contributed by atoms with Gasteiger partial charge in [0.1, 0.15) is 32.1 Å². The highest BCUT2D eigenvalue weighted by Gasteiger charge is 2.32. The SMILES string of the molecule is [B]c1c(-c2cnc3c(c2C)N(C)CCO3)cc2cc(NC(=O)OC3CC(C#N)C3)ncc2c1N. The van der Waals surface area contributed by atoms with Crippen LogP contribution >= 0.6 is 0 Å². The predicted octanol–water partition coefficient (Wildman–Crippen LogP) is 2.66. The summed E-state index contributed by atoms with van der Waals surface area (Å²) in [5.41, 5.74) is 10.7. The molecule has 0 unspecified atom stereocenters. The topological polar surface area (TPSA) is 126 Å². The molecule has 0 saturated heterocycles. The van der Waals surface area contributed by atoms with Crippen molar-refractivity contribution in [2.24, 2.45) is 5.92 Å². The maximum Gasteiger partial charge on any atom is 0.413 e. The summed E-state index contributed by atoms with van der Waals surface area (Å²) in [4.78, 5) is 23.1. The fourth-order valence-corrected chi connectivity index (χ4v) is 4.47. The molecule has 1 aliphatic heterocycles. The number of nitrogens with two attached hydrogens (primary N) is 1. The summed E-state index contributed by atoms with van der Waals surface area (Å²) in [6.45, 7) is 3.36. The number of nitrogen functional groups attached to an aromatic ring is 1. The third kappa shape index (κ3) is 3.73.